The molecule has 1 heteroatoms. The van der Waals surface area contributed by atoms with E-state index in [0.29, 0.717) is 5.92 Å². The van der Waals surface area contributed by atoms with Gasteiger partial charge in [0.15, 0.2) is 0 Å². The minimum Gasteiger partial charge on any atom is -0.378 e. The monoisotopic (exact) mass is 251 g/mol. The van der Waals surface area contributed by atoms with Gasteiger partial charge in [-0.05, 0) is 46.2 Å². The van der Waals surface area contributed by atoms with Crippen LogP contribution in [0.25, 0.3) is 11.1 Å². The number of rotatable bonds is 2. The molecule has 0 saturated heterocycles. The Morgan fingerprint density at radius 1 is 0.737 bits per heavy atom. The van der Waals surface area contributed by atoms with Crippen molar-refractivity contribution in [3.63, 3.8) is 0 Å². The van der Waals surface area contributed by atoms with Crippen LogP contribution < -0.4 is 4.90 Å². The fourth-order valence-corrected chi connectivity index (χ4v) is 2.96. The van der Waals surface area contributed by atoms with Crippen LogP contribution >= 0.6 is 0 Å². The van der Waals surface area contributed by atoms with E-state index in [4.69, 9.17) is 0 Å². The average molecular weight is 251 g/mol. The molecular formula is C18H21N. The second kappa shape index (κ2) is 4.41. The van der Waals surface area contributed by atoms with Crippen LogP contribution in [0.4, 0.5) is 5.69 Å². The molecular weight excluding hydrogens is 230 g/mol. The Hall–Kier alpha value is -1.76. The first kappa shape index (κ1) is 12.3. The lowest BCUT2D eigenvalue weighted by Gasteiger charge is -2.35. The maximum atomic E-state index is 2.37. The summed E-state index contributed by atoms with van der Waals surface area (Å²) in [6.45, 7) is 4.64. The molecule has 2 unspecified atom stereocenters. The average Bonchev–Trinajstić information content (AvgIpc) is 2.45. The fourth-order valence-electron chi connectivity index (χ4n) is 2.96. The predicted octanol–water partition coefficient (Wildman–Crippen LogP) is 4.64. The Labute approximate surface area is 115 Å². The smallest absolute Gasteiger partial charge is 0.0361 e. The number of fused-ring (bicyclic) bond motifs is 1. The Morgan fingerprint density at radius 3 is 1.95 bits per heavy atom. The second-order valence-electron chi connectivity index (χ2n) is 5.86. The van der Waals surface area contributed by atoms with Gasteiger partial charge in [0.1, 0.15) is 0 Å². The molecule has 2 aromatic carbocycles. The highest BCUT2D eigenvalue weighted by Crippen LogP contribution is 2.47. The van der Waals surface area contributed by atoms with Crippen LogP contribution in [0, 0.1) is 0 Å². The lowest BCUT2D eigenvalue weighted by Crippen LogP contribution is -2.19. The topological polar surface area (TPSA) is 3.24 Å². The minimum absolute atomic E-state index is 0.705. The van der Waals surface area contributed by atoms with Gasteiger partial charge in [-0.1, -0.05) is 44.2 Å². The predicted molar refractivity (Wildman–Crippen MR) is 83.0 cm³/mol. The van der Waals surface area contributed by atoms with E-state index in [-0.39, 0.29) is 0 Å². The first-order valence-electron chi connectivity index (χ1n) is 6.99. The summed E-state index contributed by atoms with van der Waals surface area (Å²) in [5.41, 5.74) is 6.94. The van der Waals surface area contributed by atoms with Gasteiger partial charge >= 0.3 is 0 Å². The van der Waals surface area contributed by atoms with Gasteiger partial charge in [-0.3, -0.25) is 0 Å². The summed E-state index contributed by atoms with van der Waals surface area (Å²) < 4.78 is 0. The molecule has 0 bridgehead atoms. The van der Waals surface area contributed by atoms with Crippen LogP contribution in [0.15, 0.2) is 42.5 Å². The van der Waals surface area contributed by atoms with Gasteiger partial charge in [0.2, 0.25) is 0 Å². The third-order valence-electron chi connectivity index (χ3n) is 4.53. The third kappa shape index (κ3) is 1.94. The molecule has 0 N–H and O–H groups in total. The summed E-state index contributed by atoms with van der Waals surface area (Å²) in [7, 11) is 4.15. The quantitative estimate of drug-likeness (QED) is 0.751. The van der Waals surface area contributed by atoms with Crippen molar-refractivity contribution in [3.05, 3.63) is 53.6 Å². The summed E-state index contributed by atoms with van der Waals surface area (Å²) in [6, 6.07) is 15.7. The van der Waals surface area contributed by atoms with Gasteiger partial charge < -0.3 is 4.90 Å². The highest BCUT2D eigenvalue weighted by molar-refractivity contribution is 5.69. The largest absolute Gasteiger partial charge is 0.378 e. The van der Waals surface area contributed by atoms with Crippen LogP contribution in [0.1, 0.15) is 36.8 Å². The first-order chi connectivity index (χ1) is 9.08. The molecule has 0 amide bonds. The molecule has 0 aromatic heterocycles. The lowest BCUT2D eigenvalue weighted by atomic mass is 9.69. The van der Waals surface area contributed by atoms with Gasteiger partial charge in [-0.25, -0.2) is 0 Å². The number of benzene rings is 2. The minimum atomic E-state index is 0.705. The van der Waals surface area contributed by atoms with Crippen molar-refractivity contribution < 1.29 is 0 Å². The van der Waals surface area contributed by atoms with Crippen LogP contribution in [0.3, 0.4) is 0 Å². The van der Waals surface area contributed by atoms with Gasteiger partial charge in [0.25, 0.3) is 0 Å². The van der Waals surface area contributed by atoms with Gasteiger partial charge in [0.05, 0.1) is 0 Å². The summed E-state index contributed by atoms with van der Waals surface area (Å²) in [5.74, 6) is 1.43. The summed E-state index contributed by atoms with van der Waals surface area (Å²) in [5, 5.41) is 0. The number of anilines is 1. The van der Waals surface area contributed by atoms with Crippen molar-refractivity contribution in [2.45, 2.75) is 25.7 Å². The molecule has 1 aliphatic rings. The number of nitrogens with zero attached hydrogens (tertiary/aromatic N) is 1. The Bertz CT molecular complexity index is 596. The van der Waals surface area contributed by atoms with Crippen LogP contribution in [0.5, 0.6) is 0 Å². The number of hydrogen-bond donors (Lipinski definition) is 0. The van der Waals surface area contributed by atoms with E-state index in [2.05, 4.69) is 75.3 Å². The normalized spacial score (nSPS) is 20.6. The standard InChI is InChI=1S/C18H21N/c1-12-13(2)18-11-15(7-10-17(12)18)14-5-8-16(9-6-14)19(3)4/h5-13H,1-4H3. The van der Waals surface area contributed by atoms with E-state index < -0.39 is 0 Å². The molecule has 19 heavy (non-hydrogen) atoms. The molecule has 0 fully saturated rings. The molecule has 0 radical (unpaired) electrons. The molecule has 0 aliphatic heterocycles. The van der Waals surface area contributed by atoms with Gasteiger partial charge in [-0.15, -0.1) is 0 Å². The Balaban J connectivity index is 1.95. The molecule has 2 atom stereocenters. The van der Waals surface area contributed by atoms with Crippen molar-refractivity contribution in [2.24, 2.45) is 0 Å². The van der Waals surface area contributed by atoms with Gasteiger partial charge in [0, 0.05) is 19.8 Å². The zero-order valence-electron chi connectivity index (χ0n) is 12.1. The van der Waals surface area contributed by atoms with E-state index in [1.165, 1.54) is 27.9 Å². The first-order valence-corrected chi connectivity index (χ1v) is 6.99. The molecule has 2 aromatic rings. The van der Waals surface area contributed by atoms with Crippen molar-refractivity contribution in [2.75, 3.05) is 19.0 Å². The van der Waals surface area contributed by atoms with E-state index in [9.17, 15) is 0 Å². The molecule has 98 valence electrons. The summed E-state index contributed by atoms with van der Waals surface area (Å²) in [6.07, 6.45) is 0. The molecule has 0 saturated carbocycles. The maximum Gasteiger partial charge on any atom is 0.0361 e. The number of hydrogen-bond acceptors (Lipinski definition) is 1. The van der Waals surface area contributed by atoms with Crippen LogP contribution in [0.2, 0.25) is 0 Å². The maximum absolute atomic E-state index is 2.37. The van der Waals surface area contributed by atoms with E-state index in [1.807, 2.05) is 0 Å². The highest BCUT2D eigenvalue weighted by Gasteiger charge is 2.30. The Kier molecular flexibility index (Phi) is 2.85. The SMILES string of the molecule is CC1c2ccc(-c3ccc(N(C)C)cc3)cc2C1C. The third-order valence-corrected chi connectivity index (χ3v) is 4.53. The molecule has 1 aliphatic carbocycles. The van der Waals surface area contributed by atoms with E-state index in [1.54, 1.807) is 0 Å². The van der Waals surface area contributed by atoms with E-state index >= 15 is 0 Å². The van der Waals surface area contributed by atoms with Gasteiger partial charge in [-0.2, -0.15) is 0 Å². The van der Waals surface area contributed by atoms with Crippen molar-refractivity contribution >= 4 is 5.69 Å². The molecule has 0 spiro atoms. The van der Waals surface area contributed by atoms with E-state index in [0.717, 1.165) is 5.92 Å². The fraction of sp³-hybridized carbons (Fsp3) is 0.333. The zero-order valence-corrected chi connectivity index (χ0v) is 12.1. The Morgan fingerprint density at radius 2 is 1.32 bits per heavy atom. The molecule has 1 nitrogen and oxygen atoms in total. The summed E-state index contributed by atoms with van der Waals surface area (Å²) in [4.78, 5) is 2.13. The molecule has 3 rings (SSSR count). The van der Waals surface area contributed by atoms with Crippen molar-refractivity contribution in [3.8, 4) is 11.1 Å². The van der Waals surface area contributed by atoms with Crippen LogP contribution in [-0.4, -0.2) is 14.1 Å². The van der Waals surface area contributed by atoms with Crippen molar-refractivity contribution in [1.29, 1.82) is 0 Å². The molecule has 0 heterocycles. The highest BCUT2D eigenvalue weighted by atomic mass is 15.1. The second-order valence-corrected chi connectivity index (χ2v) is 5.86. The lowest BCUT2D eigenvalue weighted by molar-refractivity contribution is 0.543. The summed E-state index contributed by atoms with van der Waals surface area (Å²) >= 11 is 0. The van der Waals surface area contributed by atoms with Crippen molar-refractivity contribution in [1.82, 2.24) is 0 Å². The van der Waals surface area contributed by atoms with Crippen LogP contribution in [-0.2, 0) is 0 Å². The zero-order chi connectivity index (χ0) is 13.6.